The molecular formula is C23H23N3O4. The maximum absolute atomic E-state index is 13.1. The predicted octanol–water partition coefficient (Wildman–Crippen LogP) is 3.23. The molecule has 7 heteroatoms. The second-order valence-corrected chi connectivity index (χ2v) is 6.57. The molecule has 0 fully saturated rings. The van der Waals surface area contributed by atoms with Crippen LogP contribution in [0.1, 0.15) is 23.0 Å². The van der Waals surface area contributed by atoms with Crippen LogP contribution in [-0.2, 0) is 16.6 Å². The summed E-state index contributed by atoms with van der Waals surface area (Å²) in [6.07, 6.45) is 1.16. The van der Waals surface area contributed by atoms with Gasteiger partial charge in [-0.1, -0.05) is 48.5 Å². The van der Waals surface area contributed by atoms with Gasteiger partial charge in [-0.2, -0.15) is 0 Å². The van der Waals surface area contributed by atoms with Gasteiger partial charge in [0.2, 0.25) is 0 Å². The van der Waals surface area contributed by atoms with Crippen LogP contribution < -0.4 is 10.9 Å². The Morgan fingerprint density at radius 2 is 1.63 bits per heavy atom. The third-order valence-electron chi connectivity index (χ3n) is 4.64. The molecule has 0 saturated heterocycles. The summed E-state index contributed by atoms with van der Waals surface area (Å²) in [6, 6.07) is 17.7. The normalized spacial score (nSPS) is 11.2. The largest absolute Gasteiger partial charge is 0.461 e. The van der Waals surface area contributed by atoms with Crippen molar-refractivity contribution in [1.82, 2.24) is 9.36 Å². The smallest absolute Gasteiger partial charge is 0.354 e. The van der Waals surface area contributed by atoms with E-state index < -0.39 is 5.97 Å². The molecule has 1 aromatic heterocycles. The third-order valence-corrected chi connectivity index (χ3v) is 4.64. The second kappa shape index (κ2) is 9.09. The highest BCUT2D eigenvalue weighted by Gasteiger charge is 2.21. The summed E-state index contributed by atoms with van der Waals surface area (Å²) in [4.78, 5) is 38.2. The standard InChI is InChI=1S/C23H23N3O4/c1-4-30-23(29)19(15-20(27)17-11-7-5-8-12-17)24-21-16(2)25(3)26(22(21)28)18-13-9-6-10-14-18/h5-15,24H,4H2,1-3H3. The number of benzene rings is 2. The van der Waals surface area contributed by atoms with E-state index in [1.54, 1.807) is 55.9 Å². The molecule has 0 radical (unpaired) electrons. The average Bonchev–Trinajstić information content (AvgIpc) is 2.97. The second-order valence-electron chi connectivity index (χ2n) is 6.57. The molecular weight excluding hydrogens is 382 g/mol. The van der Waals surface area contributed by atoms with Crippen LogP contribution in [0.5, 0.6) is 0 Å². The molecule has 1 N–H and O–H groups in total. The molecule has 0 aliphatic heterocycles. The summed E-state index contributed by atoms with van der Waals surface area (Å²) in [5.41, 5.74) is 1.46. The van der Waals surface area contributed by atoms with Crippen molar-refractivity contribution in [3.05, 3.63) is 94.0 Å². The molecule has 0 aliphatic carbocycles. The van der Waals surface area contributed by atoms with E-state index in [9.17, 15) is 14.4 Å². The van der Waals surface area contributed by atoms with Crippen LogP contribution in [0.3, 0.4) is 0 Å². The monoisotopic (exact) mass is 405 g/mol. The quantitative estimate of drug-likeness (QED) is 0.371. The van der Waals surface area contributed by atoms with Gasteiger partial charge in [0.05, 0.1) is 18.0 Å². The summed E-state index contributed by atoms with van der Waals surface area (Å²) in [5, 5.41) is 2.84. The van der Waals surface area contributed by atoms with E-state index >= 15 is 0 Å². The zero-order chi connectivity index (χ0) is 21.7. The molecule has 0 amide bonds. The number of nitrogens with one attached hydrogen (secondary N) is 1. The lowest BCUT2D eigenvalue weighted by Gasteiger charge is -2.09. The molecule has 0 unspecified atom stereocenters. The van der Waals surface area contributed by atoms with Crippen molar-refractivity contribution >= 4 is 17.4 Å². The van der Waals surface area contributed by atoms with Gasteiger partial charge in [0.1, 0.15) is 11.4 Å². The molecule has 1 heterocycles. The van der Waals surface area contributed by atoms with Crippen LogP contribution >= 0.6 is 0 Å². The minimum Gasteiger partial charge on any atom is -0.461 e. The highest BCUT2D eigenvalue weighted by atomic mass is 16.5. The minimum absolute atomic E-state index is 0.100. The molecule has 3 aromatic rings. The van der Waals surface area contributed by atoms with Crippen molar-refractivity contribution in [1.29, 1.82) is 0 Å². The summed E-state index contributed by atoms with van der Waals surface area (Å²) in [7, 11) is 1.75. The number of hydrogen-bond donors (Lipinski definition) is 1. The molecule has 0 spiro atoms. The highest BCUT2D eigenvalue weighted by Crippen LogP contribution is 2.17. The van der Waals surface area contributed by atoms with Crippen LogP contribution in [0, 0.1) is 6.92 Å². The highest BCUT2D eigenvalue weighted by molar-refractivity contribution is 6.09. The molecule has 2 aromatic carbocycles. The van der Waals surface area contributed by atoms with Crippen LogP contribution in [0.4, 0.5) is 5.69 Å². The van der Waals surface area contributed by atoms with E-state index in [0.29, 0.717) is 16.9 Å². The lowest BCUT2D eigenvalue weighted by molar-refractivity contribution is -0.138. The number of carbonyl (C=O) groups is 2. The fourth-order valence-corrected chi connectivity index (χ4v) is 3.02. The van der Waals surface area contributed by atoms with E-state index in [1.807, 2.05) is 30.3 Å². The lowest BCUT2D eigenvalue weighted by atomic mass is 10.1. The van der Waals surface area contributed by atoms with Crippen LogP contribution in [-0.4, -0.2) is 27.7 Å². The van der Waals surface area contributed by atoms with Crippen molar-refractivity contribution < 1.29 is 14.3 Å². The van der Waals surface area contributed by atoms with E-state index in [1.165, 1.54) is 4.68 Å². The van der Waals surface area contributed by atoms with Gasteiger partial charge in [0.25, 0.3) is 5.56 Å². The first kappa shape index (κ1) is 20.9. The van der Waals surface area contributed by atoms with Gasteiger partial charge in [-0.15, -0.1) is 0 Å². The van der Waals surface area contributed by atoms with Gasteiger partial charge >= 0.3 is 5.97 Å². The van der Waals surface area contributed by atoms with Gasteiger partial charge < -0.3 is 10.1 Å². The molecule has 7 nitrogen and oxygen atoms in total. The Morgan fingerprint density at radius 1 is 1.03 bits per heavy atom. The van der Waals surface area contributed by atoms with E-state index in [2.05, 4.69) is 5.32 Å². The molecule has 0 saturated carbocycles. The number of ether oxygens (including phenoxy) is 1. The lowest BCUT2D eigenvalue weighted by Crippen LogP contribution is -2.23. The van der Waals surface area contributed by atoms with Gasteiger partial charge in [0.15, 0.2) is 5.78 Å². The SMILES string of the molecule is CCOC(=O)C(=CC(=O)c1ccccc1)Nc1c(C)n(C)n(-c2ccccc2)c1=O. The summed E-state index contributed by atoms with van der Waals surface area (Å²) >= 11 is 0. The van der Waals surface area contributed by atoms with Crippen molar-refractivity contribution in [2.75, 3.05) is 11.9 Å². The number of aromatic nitrogens is 2. The van der Waals surface area contributed by atoms with Crippen LogP contribution in [0.15, 0.2) is 77.2 Å². The Kier molecular flexibility index (Phi) is 6.32. The minimum atomic E-state index is -0.712. The van der Waals surface area contributed by atoms with Crippen LogP contribution in [0.25, 0.3) is 5.69 Å². The van der Waals surface area contributed by atoms with E-state index in [0.717, 1.165) is 6.08 Å². The Labute approximate surface area is 174 Å². The van der Waals surface area contributed by atoms with Crippen molar-refractivity contribution in [2.45, 2.75) is 13.8 Å². The van der Waals surface area contributed by atoms with E-state index in [4.69, 9.17) is 4.74 Å². The third kappa shape index (κ3) is 4.25. The van der Waals surface area contributed by atoms with Crippen molar-refractivity contribution in [2.24, 2.45) is 7.05 Å². The number of allylic oxidation sites excluding steroid dienone is 1. The first-order chi connectivity index (χ1) is 14.4. The summed E-state index contributed by atoms with van der Waals surface area (Å²) < 4.78 is 8.24. The Hall–Kier alpha value is -3.87. The maximum Gasteiger partial charge on any atom is 0.354 e. The topological polar surface area (TPSA) is 82.3 Å². The first-order valence-corrected chi connectivity index (χ1v) is 9.53. The van der Waals surface area contributed by atoms with Crippen molar-refractivity contribution in [3.8, 4) is 5.69 Å². The molecule has 0 aliphatic rings. The fourth-order valence-electron chi connectivity index (χ4n) is 3.02. The Balaban J connectivity index is 2.04. The molecule has 30 heavy (non-hydrogen) atoms. The Morgan fingerprint density at radius 3 is 2.23 bits per heavy atom. The summed E-state index contributed by atoms with van der Waals surface area (Å²) in [5.74, 6) is -1.08. The number of esters is 1. The predicted molar refractivity (Wildman–Crippen MR) is 115 cm³/mol. The maximum atomic E-state index is 13.1. The molecule has 3 rings (SSSR count). The number of rotatable bonds is 7. The zero-order valence-corrected chi connectivity index (χ0v) is 17.1. The number of anilines is 1. The van der Waals surface area contributed by atoms with Gasteiger partial charge in [-0.05, 0) is 26.0 Å². The number of nitrogens with zero attached hydrogens (tertiary/aromatic N) is 2. The van der Waals surface area contributed by atoms with Crippen LogP contribution in [0.2, 0.25) is 0 Å². The number of hydrogen-bond acceptors (Lipinski definition) is 5. The van der Waals surface area contributed by atoms with Gasteiger partial charge in [-0.25, -0.2) is 9.48 Å². The number of carbonyl (C=O) groups excluding carboxylic acids is 2. The first-order valence-electron chi connectivity index (χ1n) is 9.53. The summed E-state index contributed by atoms with van der Waals surface area (Å²) in [6.45, 7) is 3.56. The molecule has 154 valence electrons. The number of ketones is 1. The fraction of sp³-hybridized carbons (Fsp3) is 0.174. The van der Waals surface area contributed by atoms with E-state index in [-0.39, 0.29) is 29.3 Å². The van der Waals surface area contributed by atoms with Gasteiger partial charge in [0, 0.05) is 18.7 Å². The molecule has 0 bridgehead atoms. The Bertz CT molecular complexity index is 1140. The average molecular weight is 405 g/mol. The number of para-hydroxylation sites is 1. The zero-order valence-electron chi connectivity index (χ0n) is 17.1. The van der Waals surface area contributed by atoms with Gasteiger partial charge in [-0.3, -0.25) is 14.3 Å². The van der Waals surface area contributed by atoms with Crippen molar-refractivity contribution in [3.63, 3.8) is 0 Å². The molecule has 0 atom stereocenters.